The number of nitrogens with one attached hydrogen (secondary N) is 1. The summed E-state index contributed by atoms with van der Waals surface area (Å²) in [6.45, 7) is 1.88. The summed E-state index contributed by atoms with van der Waals surface area (Å²) in [5, 5.41) is 3.53. The molecule has 0 spiro atoms. The molecule has 0 heterocycles. The van der Waals surface area contributed by atoms with Crippen LogP contribution >= 0.6 is 11.6 Å². The predicted molar refractivity (Wildman–Crippen MR) is 92.7 cm³/mol. The number of aryl methyl sites for hydroxylation is 1. The third-order valence-corrected chi connectivity index (χ3v) is 4.06. The van der Waals surface area contributed by atoms with Gasteiger partial charge in [-0.3, -0.25) is 4.79 Å². The lowest BCUT2D eigenvalue weighted by Crippen LogP contribution is -2.13. The molecule has 0 aliphatic heterocycles. The van der Waals surface area contributed by atoms with E-state index in [2.05, 4.69) is 5.32 Å². The van der Waals surface area contributed by atoms with E-state index in [1.807, 2.05) is 37.3 Å². The summed E-state index contributed by atoms with van der Waals surface area (Å²) in [4.78, 5) is 12.2. The molecule has 2 aromatic carbocycles. The second kappa shape index (κ2) is 7.88. The molecule has 0 aromatic heterocycles. The zero-order chi connectivity index (χ0) is 16.8. The van der Waals surface area contributed by atoms with Crippen LogP contribution in [0.25, 0.3) is 0 Å². The van der Waals surface area contributed by atoms with Crippen LogP contribution in [0.5, 0.6) is 11.5 Å². The average molecular weight is 334 g/mol. The Morgan fingerprint density at radius 2 is 1.96 bits per heavy atom. The fourth-order valence-electron chi connectivity index (χ4n) is 2.28. The van der Waals surface area contributed by atoms with Crippen LogP contribution in [-0.4, -0.2) is 20.1 Å². The SMILES string of the molecule is COc1ccc(OC)c(CCC(=O)Nc2cccc(Cl)c2C)c1. The molecule has 0 aliphatic carbocycles. The molecule has 1 N–H and O–H groups in total. The first-order chi connectivity index (χ1) is 11.0. The van der Waals surface area contributed by atoms with Crippen molar-refractivity contribution in [3.63, 3.8) is 0 Å². The van der Waals surface area contributed by atoms with Crippen molar-refractivity contribution in [3.8, 4) is 11.5 Å². The molecular weight excluding hydrogens is 314 g/mol. The molecule has 122 valence electrons. The number of halogens is 1. The van der Waals surface area contributed by atoms with Crippen LogP contribution in [-0.2, 0) is 11.2 Å². The van der Waals surface area contributed by atoms with E-state index in [0.717, 1.165) is 28.3 Å². The van der Waals surface area contributed by atoms with Crippen molar-refractivity contribution >= 4 is 23.2 Å². The topological polar surface area (TPSA) is 47.6 Å². The number of hydrogen-bond acceptors (Lipinski definition) is 3. The van der Waals surface area contributed by atoms with Crippen LogP contribution in [0.3, 0.4) is 0 Å². The van der Waals surface area contributed by atoms with Gasteiger partial charge in [0.05, 0.1) is 14.2 Å². The fraction of sp³-hybridized carbons (Fsp3) is 0.278. The zero-order valence-electron chi connectivity index (χ0n) is 13.5. The van der Waals surface area contributed by atoms with Crippen LogP contribution in [0, 0.1) is 6.92 Å². The summed E-state index contributed by atoms with van der Waals surface area (Å²) in [5.74, 6) is 1.42. The zero-order valence-corrected chi connectivity index (χ0v) is 14.2. The van der Waals surface area contributed by atoms with E-state index in [4.69, 9.17) is 21.1 Å². The van der Waals surface area contributed by atoms with Crippen LogP contribution in [0.4, 0.5) is 5.69 Å². The highest BCUT2D eigenvalue weighted by Crippen LogP contribution is 2.26. The Morgan fingerprint density at radius 3 is 2.65 bits per heavy atom. The Kier molecular flexibility index (Phi) is 5.88. The molecule has 0 bridgehead atoms. The van der Waals surface area contributed by atoms with Crippen molar-refractivity contribution < 1.29 is 14.3 Å². The maximum Gasteiger partial charge on any atom is 0.224 e. The van der Waals surface area contributed by atoms with Crippen molar-refractivity contribution in [1.29, 1.82) is 0 Å². The van der Waals surface area contributed by atoms with Gasteiger partial charge in [-0.05, 0) is 54.8 Å². The van der Waals surface area contributed by atoms with Gasteiger partial charge in [0, 0.05) is 17.1 Å². The monoisotopic (exact) mass is 333 g/mol. The summed E-state index contributed by atoms with van der Waals surface area (Å²) in [6.07, 6.45) is 0.904. The van der Waals surface area contributed by atoms with E-state index < -0.39 is 0 Å². The molecule has 0 saturated heterocycles. The van der Waals surface area contributed by atoms with E-state index >= 15 is 0 Å². The lowest BCUT2D eigenvalue weighted by molar-refractivity contribution is -0.116. The van der Waals surface area contributed by atoms with Gasteiger partial charge in [-0.1, -0.05) is 17.7 Å². The molecule has 0 aliphatic rings. The van der Waals surface area contributed by atoms with E-state index in [-0.39, 0.29) is 5.91 Å². The molecule has 4 nitrogen and oxygen atoms in total. The molecule has 2 aromatic rings. The minimum absolute atomic E-state index is 0.0692. The van der Waals surface area contributed by atoms with Crippen LogP contribution in [0.2, 0.25) is 5.02 Å². The van der Waals surface area contributed by atoms with Crippen molar-refractivity contribution in [2.24, 2.45) is 0 Å². The Morgan fingerprint density at radius 1 is 1.17 bits per heavy atom. The minimum atomic E-state index is -0.0692. The molecule has 0 unspecified atom stereocenters. The van der Waals surface area contributed by atoms with E-state index in [9.17, 15) is 4.79 Å². The van der Waals surface area contributed by atoms with E-state index in [0.29, 0.717) is 17.9 Å². The number of anilines is 1. The highest BCUT2D eigenvalue weighted by Gasteiger charge is 2.10. The number of carbonyl (C=O) groups excluding carboxylic acids is 1. The molecular formula is C18H20ClNO3. The van der Waals surface area contributed by atoms with Gasteiger partial charge in [-0.2, -0.15) is 0 Å². The molecule has 0 fully saturated rings. The largest absolute Gasteiger partial charge is 0.497 e. The van der Waals surface area contributed by atoms with Crippen molar-refractivity contribution in [2.45, 2.75) is 19.8 Å². The van der Waals surface area contributed by atoms with Crippen LogP contribution < -0.4 is 14.8 Å². The Hall–Kier alpha value is -2.20. The highest BCUT2D eigenvalue weighted by molar-refractivity contribution is 6.31. The number of rotatable bonds is 6. The maximum atomic E-state index is 12.2. The van der Waals surface area contributed by atoms with Crippen molar-refractivity contribution in [2.75, 3.05) is 19.5 Å². The maximum absolute atomic E-state index is 12.2. The third kappa shape index (κ3) is 4.39. The molecule has 1 amide bonds. The first-order valence-corrected chi connectivity index (χ1v) is 7.68. The van der Waals surface area contributed by atoms with Gasteiger partial charge in [-0.25, -0.2) is 0 Å². The second-order valence-electron chi connectivity index (χ2n) is 5.14. The summed E-state index contributed by atoms with van der Waals surface area (Å²) >= 11 is 6.06. The van der Waals surface area contributed by atoms with Crippen molar-refractivity contribution in [3.05, 3.63) is 52.5 Å². The number of hydrogen-bond donors (Lipinski definition) is 1. The molecule has 23 heavy (non-hydrogen) atoms. The normalized spacial score (nSPS) is 10.3. The first-order valence-electron chi connectivity index (χ1n) is 7.31. The summed E-state index contributed by atoms with van der Waals surface area (Å²) in [7, 11) is 3.22. The fourth-order valence-corrected chi connectivity index (χ4v) is 2.46. The average Bonchev–Trinajstić information content (AvgIpc) is 2.56. The van der Waals surface area contributed by atoms with Crippen molar-refractivity contribution in [1.82, 2.24) is 0 Å². The molecule has 0 atom stereocenters. The summed E-state index contributed by atoms with van der Waals surface area (Å²) in [6, 6.07) is 11.0. The lowest BCUT2D eigenvalue weighted by Gasteiger charge is -2.12. The van der Waals surface area contributed by atoms with Gasteiger partial charge in [0.2, 0.25) is 5.91 Å². The highest BCUT2D eigenvalue weighted by atomic mass is 35.5. The number of amides is 1. The van der Waals surface area contributed by atoms with Gasteiger partial charge in [-0.15, -0.1) is 0 Å². The van der Waals surface area contributed by atoms with Gasteiger partial charge in [0.1, 0.15) is 11.5 Å². The third-order valence-electron chi connectivity index (χ3n) is 3.65. The number of benzene rings is 2. The Bertz CT molecular complexity index is 701. The molecule has 5 heteroatoms. The molecule has 2 rings (SSSR count). The smallest absolute Gasteiger partial charge is 0.224 e. The number of ether oxygens (including phenoxy) is 2. The van der Waals surface area contributed by atoms with Crippen LogP contribution in [0.15, 0.2) is 36.4 Å². The van der Waals surface area contributed by atoms with Crippen LogP contribution in [0.1, 0.15) is 17.5 Å². The second-order valence-corrected chi connectivity index (χ2v) is 5.55. The van der Waals surface area contributed by atoms with E-state index in [1.54, 1.807) is 20.3 Å². The minimum Gasteiger partial charge on any atom is -0.497 e. The predicted octanol–water partition coefficient (Wildman–Crippen LogP) is 4.24. The standard InChI is InChI=1S/C18H20ClNO3/c1-12-15(19)5-4-6-16(12)20-18(21)10-7-13-11-14(22-2)8-9-17(13)23-3/h4-6,8-9,11H,7,10H2,1-3H3,(H,20,21). The number of carbonyl (C=O) groups is 1. The molecule has 0 saturated carbocycles. The number of methoxy groups -OCH3 is 2. The Balaban J connectivity index is 2.03. The summed E-state index contributed by atoms with van der Waals surface area (Å²) < 4.78 is 10.5. The summed E-state index contributed by atoms with van der Waals surface area (Å²) in [5.41, 5.74) is 2.53. The quantitative estimate of drug-likeness (QED) is 0.860. The van der Waals surface area contributed by atoms with Gasteiger partial charge < -0.3 is 14.8 Å². The molecule has 0 radical (unpaired) electrons. The lowest BCUT2D eigenvalue weighted by atomic mass is 10.1. The van der Waals surface area contributed by atoms with Gasteiger partial charge >= 0.3 is 0 Å². The Labute approximate surface area is 141 Å². The van der Waals surface area contributed by atoms with Gasteiger partial charge in [0.15, 0.2) is 0 Å². The van der Waals surface area contributed by atoms with Gasteiger partial charge in [0.25, 0.3) is 0 Å². The van der Waals surface area contributed by atoms with E-state index in [1.165, 1.54) is 0 Å². The first kappa shape index (κ1) is 17.2.